The third-order valence-corrected chi connectivity index (χ3v) is 3.56. The number of hydrogen-bond donors (Lipinski definition) is 1. The summed E-state index contributed by atoms with van der Waals surface area (Å²) in [5, 5.41) is 3.68. The third kappa shape index (κ3) is 2.36. The van der Waals surface area contributed by atoms with Crippen molar-refractivity contribution in [2.24, 2.45) is 0 Å². The average molecular weight is 207 g/mol. The topological polar surface area (TPSA) is 29.1 Å². The number of carbonyl (C=O) groups excluding carboxylic acids is 1. The molecule has 1 aromatic rings. The van der Waals surface area contributed by atoms with Crippen molar-refractivity contribution < 1.29 is 4.79 Å². The van der Waals surface area contributed by atoms with Gasteiger partial charge < -0.3 is 4.79 Å². The van der Waals surface area contributed by atoms with Gasteiger partial charge in [0.1, 0.15) is 6.29 Å². The van der Waals surface area contributed by atoms with Gasteiger partial charge in [-0.2, -0.15) is 0 Å². The number of aldehydes is 1. The summed E-state index contributed by atoms with van der Waals surface area (Å²) in [5.41, 5.74) is 1.32. The Morgan fingerprint density at radius 1 is 1.43 bits per heavy atom. The molecule has 1 aliphatic rings. The number of nitrogens with one attached hydrogen (secondary N) is 1. The zero-order chi connectivity index (χ0) is 9.80. The summed E-state index contributed by atoms with van der Waals surface area (Å²) >= 11 is 1.83. The van der Waals surface area contributed by atoms with Crippen molar-refractivity contribution in [1.82, 2.24) is 5.32 Å². The van der Waals surface area contributed by atoms with Gasteiger partial charge in [-0.25, -0.2) is 0 Å². The lowest BCUT2D eigenvalue weighted by atomic mass is 10.1. The predicted octanol–water partition coefficient (Wildman–Crippen LogP) is 1.46. The second kappa shape index (κ2) is 4.62. The molecule has 1 aliphatic heterocycles. The normalized spacial score (nSPS) is 26.3. The lowest BCUT2D eigenvalue weighted by Gasteiger charge is -2.09. The standard InChI is InChI=1S/C11H13NOS/c13-7-10-8-14-11(12-10)6-9-4-2-1-3-5-9/h1-5,7,10-12H,6,8H2/t10-,11?/m0/s1. The van der Waals surface area contributed by atoms with Gasteiger partial charge in [-0.15, -0.1) is 11.8 Å². The summed E-state index contributed by atoms with van der Waals surface area (Å²) in [6.07, 6.45) is 1.99. The molecule has 2 nitrogen and oxygen atoms in total. The van der Waals surface area contributed by atoms with Gasteiger partial charge in [-0.05, 0) is 12.0 Å². The Kier molecular flexibility index (Phi) is 3.22. The number of rotatable bonds is 3. The van der Waals surface area contributed by atoms with E-state index < -0.39 is 0 Å². The number of benzene rings is 1. The van der Waals surface area contributed by atoms with Crippen LogP contribution in [0.25, 0.3) is 0 Å². The van der Waals surface area contributed by atoms with E-state index in [2.05, 4.69) is 17.4 Å². The summed E-state index contributed by atoms with van der Waals surface area (Å²) < 4.78 is 0. The molecule has 0 radical (unpaired) electrons. The molecule has 0 bridgehead atoms. The molecule has 2 atom stereocenters. The molecular formula is C11H13NOS. The first-order valence-corrected chi connectivity index (χ1v) is 5.80. The minimum Gasteiger partial charge on any atom is -0.302 e. The van der Waals surface area contributed by atoms with Gasteiger partial charge in [0.15, 0.2) is 0 Å². The van der Waals surface area contributed by atoms with Crippen LogP contribution in [0.15, 0.2) is 30.3 Å². The van der Waals surface area contributed by atoms with E-state index in [0.29, 0.717) is 5.37 Å². The summed E-state index contributed by atoms with van der Waals surface area (Å²) in [6, 6.07) is 10.4. The Balaban J connectivity index is 1.90. The Bertz CT molecular complexity index is 301. The van der Waals surface area contributed by atoms with Crippen molar-refractivity contribution in [3.8, 4) is 0 Å². The Morgan fingerprint density at radius 2 is 2.21 bits per heavy atom. The van der Waals surface area contributed by atoms with Gasteiger partial charge in [0.05, 0.1) is 11.4 Å². The third-order valence-electron chi connectivity index (χ3n) is 2.31. The number of hydrogen-bond acceptors (Lipinski definition) is 3. The molecule has 14 heavy (non-hydrogen) atoms. The Labute approximate surface area is 88.1 Å². The van der Waals surface area contributed by atoms with E-state index in [1.54, 1.807) is 0 Å². The van der Waals surface area contributed by atoms with Gasteiger partial charge in [0.25, 0.3) is 0 Å². The Morgan fingerprint density at radius 3 is 2.86 bits per heavy atom. The zero-order valence-corrected chi connectivity index (χ0v) is 8.67. The lowest BCUT2D eigenvalue weighted by molar-refractivity contribution is -0.109. The maximum absolute atomic E-state index is 10.5. The first kappa shape index (κ1) is 9.74. The number of thioether (sulfide) groups is 1. The van der Waals surface area contributed by atoms with Gasteiger partial charge in [-0.3, -0.25) is 5.32 Å². The van der Waals surface area contributed by atoms with Crippen LogP contribution in [0.4, 0.5) is 0 Å². The minimum absolute atomic E-state index is 0.0497. The fourth-order valence-corrected chi connectivity index (χ4v) is 2.78. The molecular weight excluding hydrogens is 194 g/mol. The fraction of sp³-hybridized carbons (Fsp3) is 0.364. The van der Waals surface area contributed by atoms with Crippen LogP contribution >= 0.6 is 11.8 Å². The molecule has 2 rings (SSSR count). The molecule has 0 amide bonds. The van der Waals surface area contributed by atoms with E-state index >= 15 is 0 Å². The van der Waals surface area contributed by atoms with Crippen LogP contribution in [0.3, 0.4) is 0 Å². The molecule has 3 heteroatoms. The predicted molar refractivity (Wildman–Crippen MR) is 59.4 cm³/mol. The van der Waals surface area contributed by atoms with Crippen molar-refractivity contribution in [2.45, 2.75) is 17.8 Å². The quantitative estimate of drug-likeness (QED) is 0.761. The van der Waals surface area contributed by atoms with Crippen LogP contribution in [0.1, 0.15) is 5.56 Å². The molecule has 1 unspecified atom stereocenters. The first-order valence-electron chi connectivity index (χ1n) is 4.75. The summed E-state index contributed by atoms with van der Waals surface area (Å²) in [7, 11) is 0. The molecule has 0 aromatic heterocycles. The minimum atomic E-state index is 0.0497. The highest BCUT2D eigenvalue weighted by molar-refractivity contribution is 8.00. The molecule has 1 N–H and O–H groups in total. The van der Waals surface area contributed by atoms with Crippen molar-refractivity contribution in [2.75, 3.05) is 5.75 Å². The second-order valence-electron chi connectivity index (χ2n) is 3.42. The fourth-order valence-electron chi connectivity index (χ4n) is 1.58. The Hall–Kier alpha value is -0.800. The molecule has 0 saturated carbocycles. The highest BCUT2D eigenvalue weighted by atomic mass is 32.2. The average Bonchev–Trinajstić information content (AvgIpc) is 2.67. The summed E-state index contributed by atoms with van der Waals surface area (Å²) in [6.45, 7) is 0. The number of carbonyl (C=O) groups is 1. The second-order valence-corrected chi connectivity index (χ2v) is 4.66. The molecule has 1 saturated heterocycles. The van der Waals surface area contributed by atoms with E-state index in [9.17, 15) is 4.79 Å². The van der Waals surface area contributed by atoms with Crippen LogP contribution in [0, 0.1) is 0 Å². The van der Waals surface area contributed by atoms with E-state index in [1.807, 2.05) is 30.0 Å². The molecule has 0 aliphatic carbocycles. The summed E-state index contributed by atoms with van der Waals surface area (Å²) in [4.78, 5) is 10.5. The van der Waals surface area contributed by atoms with Crippen LogP contribution in [0.5, 0.6) is 0 Å². The van der Waals surface area contributed by atoms with E-state index in [4.69, 9.17) is 0 Å². The van der Waals surface area contributed by atoms with Crippen LogP contribution in [-0.2, 0) is 11.2 Å². The van der Waals surface area contributed by atoms with Crippen LogP contribution in [0.2, 0.25) is 0 Å². The van der Waals surface area contributed by atoms with Crippen molar-refractivity contribution in [1.29, 1.82) is 0 Å². The highest BCUT2D eigenvalue weighted by Gasteiger charge is 2.23. The van der Waals surface area contributed by atoms with Gasteiger partial charge >= 0.3 is 0 Å². The first-order chi connectivity index (χ1) is 6.88. The van der Waals surface area contributed by atoms with Gasteiger partial charge in [-0.1, -0.05) is 30.3 Å². The molecule has 1 heterocycles. The zero-order valence-electron chi connectivity index (χ0n) is 7.85. The monoisotopic (exact) mass is 207 g/mol. The van der Waals surface area contributed by atoms with Gasteiger partial charge in [0, 0.05) is 5.75 Å². The molecule has 0 spiro atoms. The summed E-state index contributed by atoms with van der Waals surface area (Å²) in [5.74, 6) is 0.904. The van der Waals surface area contributed by atoms with Crippen molar-refractivity contribution in [3.05, 3.63) is 35.9 Å². The SMILES string of the molecule is O=C[C@H]1CSC(Cc2ccccc2)N1. The van der Waals surface area contributed by atoms with Gasteiger partial charge in [0.2, 0.25) is 0 Å². The smallest absolute Gasteiger partial charge is 0.137 e. The van der Waals surface area contributed by atoms with Crippen molar-refractivity contribution in [3.63, 3.8) is 0 Å². The largest absolute Gasteiger partial charge is 0.302 e. The maximum Gasteiger partial charge on any atom is 0.137 e. The van der Waals surface area contributed by atoms with E-state index in [0.717, 1.165) is 18.5 Å². The van der Waals surface area contributed by atoms with E-state index in [-0.39, 0.29) is 6.04 Å². The molecule has 1 aromatic carbocycles. The van der Waals surface area contributed by atoms with Crippen LogP contribution < -0.4 is 5.32 Å². The van der Waals surface area contributed by atoms with E-state index in [1.165, 1.54) is 5.56 Å². The maximum atomic E-state index is 10.5. The molecule has 1 fully saturated rings. The lowest BCUT2D eigenvalue weighted by Crippen LogP contribution is -2.31. The van der Waals surface area contributed by atoms with Crippen molar-refractivity contribution >= 4 is 18.0 Å². The highest BCUT2D eigenvalue weighted by Crippen LogP contribution is 2.21. The molecule has 74 valence electrons. The van der Waals surface area contributed by atoms with Crippen LogP contribution in [-0.4, -0.2) is 23.5 Å².